The number of rotatable bonds is 10. The zero-order valence-electron chi connectivity index (χ0n) is 26.9. The van der Waals surface area contributed by atoms with Crippen molar-refractivity contribution in [1.82, 2.24) is 0 Å². The fourth-order valence-electron chi connectivity index (χ4n) is 6.38. The molecule has 0 saturated carbocycles. The van der Waals surface area contributed by atoms with E-state index in [1.165, 1.54) is 13.8 Å². The van der Waals surface area contributed by atoms with Crippen LogP contribution in [0.1, 0.15) is 13.8 Å². The van der Waals surface area contributed by atoms with Crippen LogP contribution in [0.15, 0.2) is 0 Å². The molecule has 5 rings (SSSR count). The average Bonchev–Trinajstić information content (AvgIpc) is 3.37. The molecule has 0 aromatic rings. The molecule has 5 heterocycles. The maximum absolute atomic E-state index is 11.5. The van der Waals surface area contributed by atoms with Gasteiger partial charge in [0.05, 0.1) is 38.6 Å². The van der Waals surface area contributed by atoms with Gasteiger partial charge in [0.15, 0.2) is 31.5 Å². The maximum Gasteiger partial charge on any atom is 0.187 e. The molecule has 5 aliphatic rings. The molecule has 5 saturated heterocycles. The first-order valence-corrected chi connectivity index (χ1v) is 16.1. The molecule has 0 aromatic heterocycles. The Labute approximate surface area is 284 Å². The quantitative estimate of drug-likeness (QED) is 0.0990. The zero-order valence-corrected chi connectivity index (χ0v) is 26.9. The van der Waals surface area contributed by atoms with Crippen molar-refractivity contribution >= 4 is 0 Å². The molecule has 292 valence electrons. The molecule has 0 bridgehead atoms. The monoisotopic (exact) mass is 736 g/mol. The highest BCUT2D eigenvalue weighted by atomic mass is 16.8. The Hall–Kier alpha value is -0.880. The van der Waals surface area contributed by atoms with Crippen LogP contribution in [0, 0.1) is 0 Å². The minimum absolute atomic E-state index is 0.522. The highest BCUT2D eigenvalue weighted by molar-refractivity contribution is 4.98. The predicted octanol–water partition coefficient (Wildman–Crippen LogP) is -8.59. The molecular formula is C28H48O22. The Morgan fingerprint density at radius 2 is 1.16 bits per heavy atom. The van der Waals surface area contributed by atoms with Gasteiger partial charge < -0.3 is 109 Å². The summed E-state index contributed by atoms with van der Waals surface area (Å²) >= 11 is 0. The first-order chi connectivity index (χ1) is 23.5. The van der Waals surface area contributed by atoms with E-state index in [9.17, 15) is 66.4 Å². The maximum atomic E-state index is 11.5. The summed E-state index contributed by atoms with van der Waals surface area (Å²) in [5.41, 5.74) is -2.08. The molecule has 5 aliphatic heterocycles. The van der Waals surface area contributed by atoms with Gasteiger partial charge in [0.1, 0.15) is 91.1 Å². The third kappa shape index (κ3) is 7.83. The molecule has 22 atom stereocenters. The largest absolute Gasteiger partial charge is 0.394 e. The molecule has 0 spiro atoms. The van der Waals surface area contributed by atoms with E-state index in [-0.39, 0.29) is 0 Å². The lowest BCUT2D eigenvalue weighted by Crippen LogP contribution is -2.67. The van der Waals surface area contributed by atoms with Crippen LogP contribution in [-0.4, -0.2) is 228 Å². The van der Waals surface area contributed by atoms with Gasteiger partial charge in [0.2, 0.25) is 0 Å². The zero-order chi connectivity index (χ0) is 36.8. The predicted molar refractivity (Wildman–Crippen MR) is 152 cm³/mol. The standard InChI is InChI=1S/C28H48O22/c1-7-11(32)14(35)21(23(40)44-7)50-26-17(38)20(49-25-15(36)13(34)12(33)10(3-29)46-25)18(8(2)45-26)47-24-16(37)19(9(31)4-42-24)48-27-22(39)28(41,5-30)6-43-27/h7-27,29-41H,3-6H2,1-2H3/t7-,8-,9+,10+,11+,12+,13-,14+,15+,16+,17+,18-,19-,20-,21-,22-,23?,24?,25?,26?,27?,28?/m0/s1. The van der Waals surface area contributed by atoms with Crippen LogP contribution in [0.5, 0.6) is 0 Å². The van der Waals surface area contributed by atoms with E-state index < -0.39 is 161 Å². The second-order valence-electron chi connectivity index (χ2n) is 13.2. The number of aliphatic hydroxyl groups is 13. The first-order valence-electron chi connectivity index (χ1n) is 16.1. The topological polar surface area (TPSA) is 346 Å². The van der Waals surface area contributed by atoms with Gasteiger partial charge in [-0.1, -0.05) is 0 Å². The van der Waals surface area contributed by atoms with E-state index in [2.05, 4.69) is 0 Å². The highest BCUT2D eigenvalue weighted by Crippen LogP contribution is 2.36. The second kappa shape index (κ2) is 16.2. The summed E-state index contributed by atoms with van der Waals surface area (Å²) in [5, 5.41) is 135. The van der Waals surface area contributed by atoms with Crippen LogP contribution in [-0.2, 0) is 42.6 Å². The molecule has 50 heavy (non-hydrogen) atoms. The normalized spacial score (nSPS) is 54.9. The molecule has 22 heteroatoms. The minimum atomic E-state index is -2.08. The summed E-state index contributed by atoms with van der Waals surface area (Å²) in [6, 6.07) is 0. The summed E-state index contributed by atoms with van der Waals surface area (Å²) in [4.78, 5) is 0. The van der Waals surface area contributed by atoms with Crippen molar-refractivity contribution in [2.24, 2.45) is 0 Å². The Bertz CT molecular complexity index is 1090. The molecule has 0 radical (unpaired) electrons. The molecular weight excluding hydrogens is 688 g/mol. The highest BCUT2D eigenvalue weighted by Gasteiger charge is 2.56. The molecule has 6 unspecified atom stereocenters. The van der Waals surface area contributed by atoms with Crippen LogP contribution in [0.25, 0.3) is 0 Å². The molecule has 0 aromatic carbocycles. The Balaban J connectivity index is 1.37. The van der Waals surface area contributed by atoms with Crippen LogP contribution < -0.4 is 0 Å². The number of hydrogen-bond acceptors (Lipinski definition) is 22. The summed E-state index contributed by atoms with van der Waals surface area (Å²) in [5.74, 6) is 0. The van der Waals surface area contributed by atoms with Crippen molar-refractivity contribution in [3.05, 3.63) is 0 Å². The van der Waals surface area contributed by atoms with Crippen LogP contribution >= 0.6 is 0 Å². The lowest BCUT2D eigenvalue weighted by Gasteiger charge is -2.49. The minimum Gasteiger partial charge on any atom is -0.394 e. The Kier molecular flexibility index (Phi) is 13.1. The van der Waals surface area contributed by atoms with E-state index in [4.69, 9.17) is 42.6 Å². The fraction of sp³-hybridized carbons (Fsp3) is 1.00. The second-order valence-corrected chi connectivity index (χ2v) is 13.2. The van der Waals surface area contributed by atoms with E-state index in [1.54, 1.807) is 0 Å². The lowest BCUT2D eigenvalue weighted by molar-refractivity contribution is -0.396. The van der Waals surface area contributed by atoms with Crippen molar-refractivity contribution < 1.29 is 109 Å². The van der Waals surface area contributed by atoms with Gasteiger partial charge in [0, 0.05) is 0 Å². The summed E-state index contributed by atoms with van der Waals surface area (Å²) in [7, 11) is 0. The Morgan fingerprint density at radius 1 is 0.560 bits per heavy atom. The van der Waals surface area contributed by atoms with E-state index in [0.29, 0.717) is 0 Å². The average molecular weight is 737 g/mol. The molecule has 0 aliphatic carbocycles. The van der Waals surface area contributed by atoms with Crippen molar-refractivity contribution in [2.45, 2.75) is 149 Å². The SMILES string of the molecule is C[C@@H]1OC(O)[C@@H](OC2O[C@@H](C)[C@H](OC3OC[C@@H](O)[C@H](OC4OCC(O)(CO)[C@H]4O)[C@H]3O)[C@@H](OC3O[C@H](CO)[C@@H](O)[C@H](O)[C@H]3O)[C@H]2O)[C@H](O)[C@@H]1O. The van der Waals surface area contributed by atoms with Crippen LogP contribution in [0.2, 0.25) is 0 Å². The van der Waals surface area contributed by atoms with Gasteiger partial charge in [0.25, 0.3) is 0 Å². The van der Waals surface area contributed by atoms with Crippen molar-refractivity contribution in [2.75, 3.05) is 26.4 Å². The van der Waals surface area contributed by atoms with Gasteiger partial charge in [-0.15, -0.1) is 0 Å². The van der Waals surface area contributed by atoms with Crippen LogP contribution in [0.4, 0.5) is 0 Å². The van der Waals surface area contributed by atoms with Crippen molar-refractivity contribution in [1.29, 1.82) is 0 Å². The number of ether oxygens (including phenoxy) is 9. The smallest absolute Gasteiger partial charge is 0.187 e. The molecule has 5 fully saturated rings. The third-order valence-electron chi connectivity index (χ3n) is 9.57. The molecule has 22 nitrogen and oxygen atoms in total. The van der Waals surface area contributed by atoms with Crippen molar-refractivity contribution in [3.63, 3.8) is 0 Å². The summed E-state index contributed by atoms with van der Waals surface area (Å²) < 4.78 is 50.2. The van der Waals surface area contributed by atoms with Crippen molar-refractivity contribution in [3.8, 4) is 0 Å². The van der Waals surface area contributed by atoms with Gasteiger partial charge in [-0.05, 0) is 13.8 Å². The van der Waals surface area contributed by atoms with E-state index in [1.807, 2.05) is 0 Å². The van der Waals surface area contributed by atoms with E-state index in [0.717, 1.165) is 0 Å². The summed E-state index contributed by atoms with van der Waals surface area (Å²) in [6.45, 7) is 0.0236. The third-order valence-corrected chi connectivity index (χ3v) is 9.57. The number of hydrogen-bond donors (Lipinski definition) is 13. The van der Waals surface area contributed by atoms with Gasteiger partial charge in [-0.2, -0.15) is 0 Å². The van der Waals surface area contributed by atoms with E-state index >= 15 is 0 Å². The lowest BCUT2D eigenvalue weighted by atomic mass is 9.96. The van der Waals surface area contributed by atoms with Gasteiger partial charge >= 0.3 is 0 Å². The van der Waals surface area contributed by atoms with Gasteiger partial charge in [-0.25, -0.2) is 0 Å². The molecule has 0 amide bonds. The number of aliphatic hydroxyl groups excluding tert-OH is 12. The Morgan fingerprint density at radius 3 is 1.80 bits per heavy atom. The van der Waals surface area contributed by atoms with Crippen LogP contribution in [0.3, 0.4) is 0 Å². The van der Waals surface area contributed by atoms with Gasteiger partial charge in [-0.3, -0.25) is 0 Å². The first kappa shape index (κ1) is 40.3. The molecule has 13 N–H and O–H groups in total. The summed E-state index contributed by atoms with van der Waals surface area (Å²) in [6.07, 6.45) is -34.8. The fourth-order valence-corrected chi connectivity index (χ4v) is 6.38.